The Kier molecular flexibility index (Phi) is 5.29. The van der Waals surface area contributed by atoms with Gasteiger partial charge in [0.2, 0.25) is 6.43 Å². The van der Waals surface area contributed by atoms with Crippen LogP contribution in [-0.4, -0.2) is 13.1 Å². The van der Waals surface area contributed by atoms with Crippen molar-refractivity contribution in [1.82, 2.24) is 0 Å². The summed E-state index contributed by atoms with van der Waals surface area (Å²) in [6.45, 7) is 6.70. The smallest absolute Gasteiger partial charge is 0.241 e. The molecule has 0 N–H and O–H groups in total. The molecule has 3 saturated carbocycles. The Bertz CT molecular complexity index is 425. The minimum absolute atomic E-state index is 0.0461. The topological polar surface area (TPSA) is 0 Å². The van der Waals surface area contributed by atoms with Gasteiger partial charge >= 0.3 is 0 Å². The van der Waals surface area contributed by atoms with Crippen LogP contribution >= 0.6 is 0 Å². The van der Waals surface area contributed by atoms with E-state index in [2.05, 4.69) is 20.8 Å². The van der Waals surface area contributed by atoms with Crippen molar-refractivity contribution in [1.29, 1.82) is 0 Å². The lowest BCUT2D eigenvalue weighted by atomic mass is 9.77. The number of alkyl halides is 3. The lowest BCUT2D eigenvalue weighted by Crippen LogP contribution is -2.21. The summed E-state index contributed by atoms with van der Waals surface area (Å²) in [6, 6.07) is 0. The molecule has 0 amide bonds. The van der Waals surface area contributed by atoms with Gasteiger partial charge in [-0.1, -0.05) is 27.2 Å². The molecule has 0 nitrogen and oxygen atoms in total. The minimum atomic E-state index is -2.14. The lowest BCUT2D eigenvalue weighted by Gasteiger charge is -2.29. The maximum atomic E-state index is 13.6. The molecule has 0 heterocycles. The van der Waals surface area contributed by atoms with Gasteiger partial charge in [0.15, 0.2) is 0 Å². The molecule has 3 aliphatic rings. The average molecular weight is 345 g/mol. The van der Waals surface area contributed by atoms with E-state index in [1.54, 1.807) is 0 Å². The third-order valence-corrected chi connectivity index (χ3v) is 8.12. The molecule has 24 heavy (non-hydrogen) atoms. The maximum Gasteiger partial charge on any atom is 0.241 e. The molecule has 0 aliphatic heterocycles. The van der Waals surface area contributed by atoms with Crippen molar-refractivity contribution in [3.63, 3.8) is 0 Å². The molecule has 3 fully saturated rings. The highest BCUT2D eigenvalue weighted by Gasteiger charge is 2.51. The second-order valence-electron chi connectivity index (χ2n) is 9.78. The Morgan fingerprint density at radius 2 is 1.54 bits per heavy atom. The highest BCUT2D eigenvalue weighted by molar-refractivity contribution is 5.00. The first kappa shape index (κ1) is 18.6. The second kappa shape index (κ2) is 6.83. The van der Waals surface area contributed by atoms with Crippen LogP contribution in [-0.2, 0) is 0 Å². The molecule has 5 atom stereocenters. The first-order chi connectivity index (χ1) is 11.3. The van der Waals surface area contributed by atoms with E-state index in [9.17, 15) is 13.2 Å². The van der Waals surface area contributed by atoms with Gasteiger partial charge in [-0.15, -0.1) is 0 Å². The van der Waals surface area contributed by atoms with Crippen molar-refractivity contribution in [2.24, 2.45) is 40.4 Å². The Morgan fingerprint density at radius 1 is 0.917 bits per heavy atom. The van der Waals surface area contributed by atoms with Crippen LogP contribution in [0.25, 0.3) is 0 Å². The zero-order valence-corrected chi connectivity index (χ0v) is 15.7. The summed E-state index contributed by atoms with van der Waals surface area (Å²) in [6.07, 6.45) is 7.72. The van der Waals surface area contributed by atoms with Gasteiger partial charge in [0, 0.05) is 11.3 Å². The molecular weight excluding hydrogens is 309 g/mol. The van der Waals surface area contributed by atoms with Crippen LogP contribution in [0.15, 0.2) is 0 Å². The summed E-state index contributed by atoms with van der Waals surface area (Å²) >= 11 is 0. The minimum Gasteiger partial charge on any atom is -0.250 e. The molecule has 0 spiro atoms. The van der Waals surface area contributed by atoms with Gasteiger partial charge in [-0.3, -0.25) is 4.39 Å². The van der Waals surface area contributed by atoms with Gasteiger partial charge in [0.05, 0.1) is 6.67 Å². The van der Waals surface area contributed by atoms with Gasteiger partial charge in [-0.05, 0) is 80.5 Å². The molecular formula is C21H35F3. The van der Waals surface area contributed by atoms with E-state index in [1.807, 2.05) is 0 Å². The first-order valence-electron chi connectivity index (χ1n) is 10.2. The summed E-state index contributed by atoms with van der Waals surface area (Å²) in [5.41, 5.74) is 0.498. The predicted molar refractivity (Wildman–Crippen MR) is 92.9 cm³/mol. The maximum absolute atomic E-state index is 13.6. The van der Waals surface area contributed by atoms with Crippen LogP contribution in [0.4, 0.5) is 13.2 Å². The molecule has 3 aliphatic carbocycles. The first-order valence-corrected chi connectivity index (χ1v) is 10.2. The quantitative estimate of drug-likeness (QED) is 0.383. The van der Waals surface area contributed by atoms with Crippen LogP contribution in [0.2, 0.25) is 0 Å². The van der Waals surface area contributed by atoms with E-state index in [1.165, 1.54) is 19.3 Å². The Hall–Kier alpha value is -0.210. The highest BCUT2D eigenvalue weighted by Crippen LogP contribution is 2.58. The average Bonchev–Trinajstić information content (AvgIpc) is 3.42. The number of rotatable bonds is 11. The van der Waals surface area contributed by atoms with Gasteiger partial charge in [0.1, 0.15) is 0 Å². The van der Waals surface area contributed by atoms with Crippen LogP contribution in [0.3, 0.4) is 0 Å². The van der Waals surface area contributed by atoms with E-state index in [-0.39, 0.29) is 23.9 Å². The summed E-state index contributed by atoms with van der Waals surface area (Å²) in [4.78, 5) is 0. The van der Waals surface area contributed by atoms with Crippen LogP contribution < -0.4 is 0 Å². The highest BCUT2D eigenvalue weighted by atomic mass is 19.3. The number of hydrogen-bond acceptors (Lipinski definition) is 0. The zero-order chi connectivity index (χ0) is 17.5. The fourth-order valence-corrected chi connectivity index (χ4v) is 4.92. The van der Waals surface area contributed by atoms with Gasteiger partial charge in [0.25, 0.3) is 0 Å². The molecule has 0 aromatic rings. The fraction of sp³-hybridized carbons (Fsp3) is 1.00. The summed E-state index contributed by atoms with van der Waals surface area (Å²) < 4.78 is 39.1. The van der Waals surface area contributed by atoms with E-state index in [4.69, 9.17) is 0 Å². The Morgan fingerprint density at radius 3 is 2.00 bits per heavy atom. The molecule has 0 bridgehead atoms. The summed E-state index contributed by atoms with van der Waals surface area (Å²) in [7, 11) is 0. The van der Waals surface area contributed by atoms with E-state index in [0.717, 1.165) is 38.0 Å². The lowest BCUT2D eigenvalue weighted by molar-refractivity contribution is 0.109. The molecule has 0 aromatic heterocycles. The van der Waals surface area contributed by atoms with Gasteiger partial charge < -0.3 is 0 Å². The van der Waals surface area contributed by atoms with Crippen molar-refractivity contribution < 1.29 is 13.2 Å². The third-order valence-electron chi connectivity index (χ3n) is 8.12. The zero-order valence-electron chi connectivity index (χ0n) is 15.7. The summed E-state index contributed by atoms with van der Waals surface area (Å²) in [5.74, 6) is 1.44. The van der Waals surface area contributed by atoms with Crippen molar-refractivity contribution in [2.75, 3.05) is 6.67 Å². The van der Waals surface area contributed by atoms with Crippen LogP contribution in [0, 0.1) is 40.4 Å². The molecule has 140 valence electrons. The number of hydrogen-bond donors (Lipinski definition) is 0. The Balaban J connectivity index is 1.48. The number of halogens is 3. The standard InChI is InChI=1S/C21H35F3/c1-14(17-12-18(17)19(23)24)4-6-16(21(13-22)10-11-21)7-5-15(2)20(3)8-9-20/h14-19H,4-13H2,1-3H3/t14?,15?,16?,17-,18+/m0/s1. The van der Waals surface area contributed by atoms with Gasteiger partial charge in [-0.25, -0.2) is 8.78 Å². The molecule has 3 heteroatoms. The molecule has 3 unspecified atom stereocenters. The fourth-order valence-electron chi connectivity index (χ4n) is 4.92. The van der Waals surface area contributed by atoms with Crippen molar-refractivity contribution in [3.8, 4) is 0 Å². The molecule has 0 radical (unpaired) electrons. The van der Waals surface area contributed by atoms with E-state index in [0.29, 0.717) is 23.7 Å². The Labute approximate surface area is 146 Å². The SMILES string of the molecule is CC(CCC(CCC(C)C1(C)CC1)C1(CF)CC1)[C@@H]1C[C@H]1C(F)F. The van der Waals surface area contributed by atoms with Crippen molar-refractivity contribution in [3.05, 3.63) is 0 Å². The van der Waals surface area contributed by atoms with Crippen LogP contribution in [0.5, 0.6) is 0 Å². The monoisotopic (exact) mass is 344 g/mol. The molecule has 0 aromatic carbocycles. The largest absolute Gasteiger partial charge is 0.250 e. The predicted octanol–water partition coefficient (Wildman–Crippen LogP) is 6.89. The van der Waals surface area contributed by atoms with Gasteiger partial charge in [-0.2, -0.15) is 0 Å². The summed E-state index contributed by atoms with van der Waals surface area (Å²) in [5, 5.41) is 0. The van der Waals surface area contributed by atoms with Crippen LogP contribution in [0.1, 0.15) is 78.6 Å². The normalized spacial score (nSPS) is 33.1. The molecule has 3 rings (SSSR count). The van der Waals surface area contributed by atoms with Crippen molar-refractivity contribution in [2.45, 2.75) is 85.0 Å². The second-order valence-corrected chi connectivity index (χ2v) is 9.78. The van der Waals surface area contributed by atoms with E-state index < -0.39 is 6.43 Å². The third kappa shape index (κ3) is 3.96. The molecule has 0 saturated heterocycles. The van der Waals surface area contributed by atoms with Crippen molar-refractivity contribution >= 4 is 0 Å². The van der Waals surface area contributed by atoms with E-state index >= 15 is 0 Å².